The monoisotopic (exact) mass is 526 g/mol. The third-order valence-corrected chi connectivity index (χ3v) is 8.36. The molecule has 1 heterocycles. The van der Waals surface area contributed by atoms with E-state index >= 15 is 0 Å². The third-order valence-electron chi connectivity index (χ3n) is 6.36. The number of benzene rings is 3. The lowest BCUT2D eigenvalue weighted by molar-refractivity contribution is -0.114. The van der Waals surface area contributed by atoms with Crippen molar-refractivity contribution in [3.05, 3.63) is 82.9 Å². The molecule has 1 N–H and O–H groups in total. The summed E-state index contributed by atoms with van der Waals surface area (Å²) in [6.45, 7) is 7.20. The number of carbonyl (C=O) groups is 1. The minimum atomic E-state index is -4.02. The van der Waals surface area contributed by atoms with Gasteiger partial charge in [-0.05, 0) is 75.0 Å². The number of halogens is 1. The molecule has 1 fully saturated rings. The summed E-state index contributed by atoms with van der Waals surface area (Å²) in [5, 5.41) is 3.23. The number of anilines is 3. The second-order valence-corrected chi connectivity index (χ2v) is 11.4. The molecule has 1 aliphatic heterocycles. The summed E-state index contributed by atoms with van der Waals surface area (Å²) in [6.07, 6.45) is 0. The summed E-state index contributed by atoms with van der Waals surface area (Å²) >= 11 is 6.20. The molecule has 3 aromatic carbocycles. The zero-order valence-corrected chi connectivity index (χ0v) is 22.3. The normalized spacial score (nSPS) is 14.5. The maximum atomic E-state index is 13.6. The first-order chi connectivity index (χ1) is 17.1. The first-order valence-corrected chi connectivity index (χ1v) is 13.6. The molecule has 0 atom stereocenters. The van der Waals surface area contributed by atoms with Crippen molar-refractivity contribution in [2.45, 2.75) is 18.7 Å². The summed E-state index contributed by atoms with van der Waals surface area (Å²) in [4.78, 5) is 17.8. The van der Waals surface area contributed by atoms with Gasteiger partial charge in [-0.1, -0.05) is 35.4 Å². The second kappa shape index (κ2) is 10.9. The molecule has 0 radical (unpaired) electrons. The van der Waals surface area contributed by atoms with Crippen LogP contribution < -0.4 is 14.5 Å². The smallest absolute Gasteiger partial charge is 0.264 e. The highest BCUT2D eigenvalue weighted by molar-refractivity contribution is 7.92. The molecule has 3 aromatic rings. The Hall–Kier alpha value is -3.07. The zero-order chi connectivity index (χ0) is 25.9. The first-order valence-electron chi connectivity index (χ1n) is 11.8. The standard InChI is InChI=1S/C27H31ClN4O3S/c1-20-4-12-25(13-5-20)36(34,35)32(26-18-22(28)7-6-21(26)2)19-27(33)29-23-8-10-24(11-9-23)31-16-14-30(3)15-17-31/h4-13,18H,14-17,19H2,1-3H3,(H,29,33). The van der Waals surface area contributed by atoms with Gasteiger partial charge >= 0.3 is 0 Å². The number of sulfonamides is 1. The summed E-state index contributed by atoms with van der Waals surface area (Å²) in [5.41, 5.74) is 3.70. The summed E-state index contributed by atoms with van der Waals surface area (Å²) < 4.78 is 28.4. The quantitative estimate of drug-likeness (QED) is 0.489. The highest BCUT2D eigenvalue weighted by atomic mass is 35.5. The van der Waals surface area contributed by atoms with Gasteiger partial charge in [0, 0.05) is 42.6 Å². The lowest BCUT2D eigenvalue weighted by atomic mass is 10.2. The van der Waals surface area contributed by atoms with Gasteiger partial charge in [-0.15, -0.1) is 0 Å². The van der Waals surface area contributed by atoms with Crippen molar-refractivity contribution in [2.75, 3.05) is 54.3 Å². The van der Waals surface area contributed by atoms with Crippen LogP contribution >= 0.6 is 11.6 Å². The molecule has 0 aromatic heterocycles. The van der Waals surface area contributed by atoms with Crippen molar-refractivity contribution in [1.29, 1.82) is 0 Å². The largest absolute Gasteiger partial charge is 0.369 e. The maximum absolute atomic E-state index is 13.6. The molecule has 1 saturated heterocycles. The Kier molecular flexibility index (Phi) is 7.88. The lowest BCUT2D eigenvalue weighted by Gasteiger charge is -2.34. The fourth-order valence-corrected chi connectivity index (χ4v) is 5.78. The molecule has 0 saturated carbocycles. The number of carbonyl (C=O) groups excluding carboxylic acids is 1. The lowest BCUT2D eigenvalue weighted by Crippen LogP contribution is -2.44. The van der Waals surface area contributed by atoms with Crippen molar-refractivity contribution < 1.29 is 13.2 Å². The van der Waals surface area contributed by atoms with Crippen LogP contribution in [0.4, 0.5) is 17.1 Å². The van der Waals surface area contributed by atoms with E-state index < -0.39 is 22.5 Å². The van der Waals surface area contributed by atoms with Gasteiger partial charge in [0.2, 0.25) is 5.91 Å². The van der Waals surface area contributed by atoms with E-state index in [1.54, 1.807) is 49.4 Å². The second-order valence-electron chi connectivity index (χ2n) is 9.14. The van der Waals surface area contributed by atoms with Crippen molar-refractivity contribution in [2.24, 2.45) is 0 Å². The molecule has 0 unspecified atom stereocenters. The van der Waals surface area contributed by atoms with Crippen LogP contribution in [0.3, 0.4) is 0 Å². The number of hydrogen-bond acceptors (Lipinski definition) is 5. The summed E-state index contributed by atoms with van der Waals surface area (Å²) in [6, 6.07) is 19.2. The average Bonchev–Trinajstić information content (AvgIpc) is 2.85. The number of likely N-dealkylation sites (N-methyl/N-ethyl adjacent to an activating group) is 1. The van der Waals surface area contributed by atoms with Crippen molar-refractivity contribution >= 4 is 44.6 Å². The van der Waals surface area contributed by atoms with E-state index in [2.05, 4.69) is 22.2 Å². The van der Waals surface area contributed by atoms with Crippen LogP contribution in [0.25, 0.3) is 0 Å². The van der Waals surface area contributed by atoms with Gasteiger partial charge in [0.1, 0.15) is 6.54 Å². The van der Waals surface area contributed by atoms with Gasteiger partial charge in [0.05, 0.1) is 10.6 Å². The SMILES string of the molecule is Cc1ccc(S(=O)(=O)N(CC(=O)Nc2ccc(N3CCN(C)CC3)cc2)c2cc(Cl)ccc2C)cc1. The van der Waals surface area contributed by atoms with E-state index in [1.165, 1.54) is 0 Å². The van der Waals surface area contributed by atoms with Crippen LogP contribution in [0.5, 0.6) is 0 Å². The third kappa shape index (κ3) is 6.00. The Morgan fingerprint density at radius 2 is 1.58 bits per heavy atom. The topological polar surface area (TPSA) is 73.0 Å². The zero-order valence-electron chi connectivity index (χ0n) is 20.7. The van der Waals surface area contributed by atoms with Gasteiger partial charge in [-0.25, -0.2) is 8.42 Å². The number of nitrogens with one attached hydrogen (secondary N) is 1. The van der Waals surface area contributed by atoms with Gasteiger partial charge in [-0.3, -0.25) is 9.10 Å². The van der Waals surface area contributed by atoms with Gasteiger partial charge in [-0.2, -0.15) is 0 Å². The highest BCUT2D eigenvalue weighted by Gasteiger charge is 2.28. The van der Waals surface area contributed by atoms with Crippen molar-refractivity contribution in [1.82, 2.24) is 4.90 Å². The molecule has 4 rings (SSSR count). The average molecular weight is 527 g/mol. The van der Waals surface area contributed by atoms with E-state index in [1.807, 2.05) is 31.2 Å². The van der Waals surface area contributed by atoms with Gasteiger partial charge in [0.15, 0.2) is 0 Å². The van der Waals surface area contributed by atoms with E-state index in [9.17, 15) is 13.2 Å². The van der Waals surface area contributed by atoms with Crippen LogP contribution in [-0.2, 0) is 14.8 Å². The Labute approximate surface area is 218 Å². The molecule has 1 aliphatic rings. The number of rotatable bonds is 7. The molecule has 0 aliphatic carbocycles. The fraction of sp³-hybridized carbons (Fsp3) is 0.296. The number of hydrogen-bond donors (Lipinski definition) is 1. The van der Waals surface area contributed by atoms with Crippen molar-refractivity contribution in [3.63, 3.8) is 0 Å². The maximum Gasteiger partial charge on any atom is 0.264 e. The van der Waals surface area contributed by atoms with Crippen molar-refractivity contribution in [3.8, 4) is 0 Å². The minimum absolute atomic E-state index is 0.108. The number of amides is 1. The Bertz CT molecular complexity index is 1320. The number of piperazine rings is 1. The minimum Gasteiger partial charge on any atom is -0.369 e. The molecule has 9 heteroatoms. The molecule has 7 nitrogen and oxygen atoms in total. The Morgan fingerprint density at radius 1 is 0.944 bits per heavy atom. The van der Waals surface area contributed by atoms with Crippen LogP contribution in [-0.4, -0.2) is 59.0 Å². The molecule has 0 spiro atoms. The Balaban J connectivity index is 1.55. The molecule has 190 valence electrons. The first kappa shape index (κ1) is 26.0. The summed E-state index contributed by atoms with van der Waals surface area (Å²) in [7, 11) is -1.91. The predicted molar refractivity (Wildman–Crippen MR) is 147 cm³/mol. The summed E-state index contributed by atoms with van der Waals surface area (Å²) in [5.74, 6) is -0.447. The Morgan fingerprint density at radius 3 is 2.22 bits per heavy atom. The molecular weight excluding hydrogens is 496 g/mol. The number of nitrogens with zero attached hydrogens (tertiary/aromatic N) is 3. The van der Waals surface area contributed by atoms with Gasteiger partial charge in [0.25, 0.3) is 10.0 Å². The molecule has 36 heavy (non-hydrogen) atoms. The fourth-order valence-electron chi connectivity index (χ4n) is 4.14. The van der Waals surface area contributed by atoms with E-state index in [4.69, 9.17) is 11.6 Å². The number of aryl methyl sites for hydroxylation is 2. The van der Waals surface area contributed by atoms with Gasteiger partial charge < -0.3 is 15.1 Å². The van der Waals surface area contributed by atoms with Crippen LogP contribution in [0.1, 0.15) is 11.1 Å². The van der Waals surface area contributed by atoms with Crippen LogP contribution in [0.15, 0.2) is 71.6 Å². The molecule has 1 amide bonds. The van der Waals surface area contributed by atoms with E-state index in [-0.39, 0.29) is 4.90 Å². The molecular formula is C27H31ClN4O3S. The highest BCUT2D eigenvalue weighted by Crippen LogP contribution is 2.30. The predicted octanol–water partition coefficient (Wildman–Crippen LogP) is 4.54. The van der Waals surface area contributed by atoms with E-state index in [0.29, 0.717) is 22.0 Å². The molecule has 0 bridgehead atoms. The van der Waals surface area contributed by atoms with E-state index in [0.717, 1.165) is 41.7 Å². The van der Waals surface area contributed by atoms with Crippen LogP contribution in [0.2, 0.25) is 5.02 Å². The van der Waals surface area contributed by atoms with Crippen LogP contribution in [0, 0.1) is 13.8 Å².